The first-order valence-electron chi connectivity index (χ1n) is 23.7. The van der Waals surface area contributed by atoms with E-state index in [2.05, 4.69) is 212 Å². The highest BCUT2D eigenvalue weighted by Crippen LogP contribution is 2.64. The Morgan fingerprint density at radius 1 is 0.329 bits per heavy atom. The summed E-state index contributed by atoms with van der Waals surface area (Å²) in [7, 11) is 0. The monoisotopic (exact) mass is 925 g/mol. The SMILES string of the molecule is c1ccc2c(c1)-c1ccccc1C21c2ccccc2-c2c(-c3ccc4oc5cccc(-c6nc(-c7cccc8c7sc7ccccc78)nc(-c7cccc8sc9ccccc9c78)n6)c5c4c3)cccc21. The molecule has 1 spiro atoms. The summed E-state index contributed by atoms with van der Waals surface area (Å²) in [4.78, 5) is 16.3. The van der Waals surface area contributed by atoms with Crippen LogP contribution in [-0.4, -0.2) is 15.0 Å². The topological polar surface area (TPSA) is 51.8 Å². The maximum absolute atomic E-state index is 6.76. The Balaban J connectivity index is 0.936. The van der Waals surface area contributed by atoms with E-state index in [4.69, 9.17) is 19.4 Å². The van der Waals surface area contributed by atoms with Crippen LogP contribution in [0, 0.1) is 0 Å². The zero-order valence-corrected chi connectivity index (χ0v) is 38.9. The second-order valence-corrected chi connectivity index (χ2v) is 20.6. The highest BCUT2D eigenvalue weighted by atomic mass is 32.1. The molecule has 324 valence electrons. The van der Waals surface area contributed by atoms with Crippen molar-refractivity contribution in [1.82, 2.24) is 15.0 Å². The van der Waals surface area contributed by atoms with Crippen molar-refractivity contribution in [2.45, 2.75) is 5.41 Å². The molecule has 0 N–H and O–H groups in total. The van der Waals surface area contributed by atoms with Crippen molar-refractivity contribution in [2.24, 2.45) is 0 Å². The van der Waals surface area contributed by atoms with Crippen molar-refractivity contribution >= 4 is 85.0 Å². The molecule has 4 aromatic heterocycles. The number of aromatic nitrogens is 3. The molecule has 0 atom stereocenters. The van der Waals surface area contributed by atoms with E-state index in [1.165, 1.54) is 80.3 Å². The van der Waals surface area contributed by atoms with Crippen LogP contribution in [0.1, 0.15) is 22.3 Å². The van der Waals surface area contributed by atoms with Gasteiger partial charge in [0.1, 0.15) is 11.2 Å². The lowest BCUT2D eigenvalue weighted by molar-refractivity contribution is 0.669. The van der Waals surface area contributed by atoms with Gasteiger partial charge in [0.15, 0.2) is 17.5 Å². The Labute approximate surface area is 409 Å². The zero-order chi connectivity index (χ0) is 45.7. The maximum atomic E-state index is 6.76. The van der Waals surface area contributed by atoms with E-state index in [0.29, 0.717) is 17.5 Å². The summed E-state index contributed by atoms with van der Waals surface area (Å²) in [6.45, 7) is 0. The first-order valence-corrected chi connectivity index (χ1v) is 25.3. The van der Waals surface area contributed by atoms with Crippen LogP contribution < -0.4 is 0 Å². The Kier molecular flexibility index (Phi) is 7.82. The van der Waals surface area contributed by atoms with E-state index in [-0.39, 0.29) is 0 Å². The minimum atomic E-state index is -0.428. The first kappa shape index (κ1) is 38.4. The van der Waals surface area contributed by atoms with Crippen molar-refractivity contribution in [3.63, 3.8) is 0 Å². The highest BCUT2D eigenvalue weighted by Gasteiger charge is 2.52. The van der Waals surface area contributed by atoms with E-state index in [0.717, 1.165) is 54.3 Å². The number of benzene rings is 10. The van der Waals surface area contributed by atoms with E-state index in [1.807, 2.05) is 0 Å². The average molecular weight is 926 g/mol. The van der Waals surface area contributed by atoms with Gasteiger partial charge in [0.05, 0.1) is 5.41 Å². The molecule has 0 bridgehead atoms. The van der Waals surface area contributed by atoms with E-state index in [9.17, 15) is 0 Å². The molecule has 0 fully saturated rings. The molecule has 2 aliphatic rings. The standard InChI is InChI=1S/C64H35N3OS2/c1-6-25-48-38(15-1)39-16-2-7-26-49(39)64(48)50-27-8-3-18-42(50)57-37(20-12-28-51(57)64)36-33-34-52-47(35-36)58-44(22-13-29-53(58)68-52)61-65-62(45-23-14-32-56-59(45)43-19-5-10-31-55(43)69-56)67-63(66-61)46-24-11-21-41-40-17-4-9-30-54(40)70-60(41)46/h1-35H. The summed E-state index contributed by atoms with van der Waals surface area (Å²) in [5, 5.41) is 6.78. The molecular formula is C64H35N3OS2. The Bertz CT molecular complexity index is 4530. The van der Waals surface area contributed by atoms with Crippen LogP contribution in [0.4, 0.5) is 0 Å². The second-order valence-electron chi connectivity index (χ2n) is 18.5. The fourth-order valence-corrected chi connectivity index (χ4v) is 14.5. The molecule has 0 saturated carbocycles. The number of rotatable bonds is 4. The second kappa shape index (κ2) is 14.2. The third-order valence-corrected chi connectivity index (χ3v) is 17.3. The Hall–Kier alpha value is -8.55. The zero-order valence-electron chi connectivity index (χ0n) is 37.3. The van der Waals surface area contributed by atoms with Crippen molar-refractivity contribution in [2.75, 3.05) is 0 Å². The first-order chi connectivity index (χ1) is 34.7. The predicted octanol–water partition coefficient (Wildman–Crippen LogP) is 17.5. The molecule has 0 aliphatic heterocycles. The third kappa shape index (κ3) is 5.11. The van der Waals surface area contributed by atoms with Crippen LogP contribution in [0.5, 0.6) is 0 Å². The molecule has 16 rings (SSSR count). The predicted molar refractivity (Wildman–Crippen MR) is 291 cm³/mol. The van der Waals surface area contributed by atoms with Gasteiger partial charge in [-0.1, -0.05) is 170 Å². The Morgan fingerprint density at radius 3 is 1.61 bits per heavy atom. The van der Waals surface area contributed by atoms with Crippen LogP contribution >= 0.6 is 22.7 Å². The molecule has 0 unspecified atom stereocenters. The van der Waals surface area contributed by atoms with Gasteiger partial charge in [0.25, 0.3) is 0 Å². The van der Waals surface area contributed by atoms with Gasteiger partial charge in [-0.3, -0.25) is 0 Å². The summed E-state index contributed by atoms with van der Waals surface area (Å²) in [6.07, 6.45) is 0. The molecule has 0 amide bonds. The number of furan rings is 1. The van der Waals surface area contributed by atoms with Crippen LogP contribution in [0.25, 0.3) is 130 Å². The van der Waals surface area contributed by atoms with E-state index >= 15 is 0 Å². The quantitative estimate of drug-likeness (QED) is 0.176. The summed E-state index contributed by atoms with van der Waals surface area (Å²) in [5.41, 5.74) is 16.8. The van der Waals surface area contributed by atoms with Crippen molar-refractivity contribution < 1.29 is 4.42 Å². The maximum Gasteiger partial charge on any atom is 0.165 e. The summed E-state index contributed by atoms with van der Waals surface area (Å²) < 4.78 is 11.6. The summed E-state index contributed by atoms with van der Waals surface area (Å²) in [5.74, 6) is 1.88. The normalized spacial score (nSPS) is 13.3. The number of nitrogens with zero attached hydrogens (tertiary/aromatic N) is 3. The molecule has 14 aromatic rings. The lowest BCUT2D eigenvalue weighted by Crippen LogP contribution is -2.25. The van der Waals surface area contributed by atoms with Gasteiger partial charge >= 0.3 is 0 Å². The minimum Gasteiger partial charge on any atom is -0.456 e. The van der Waals surface area contributed by atoms with Crippen molar-refractivity contribution in [3.05, 3.63) is 235 Å². The van der Waals surface area contributed by atoms with Gasteiger partial charge in [0, 0.05) is 67.8 Å². The summed E-state index contributed by atoms with van der Waals surface area (Å²) >= 11 is 3.59. The number of thiophene rings is 2. The minimum absolute atomic E-state index is 0.428. The van der Waals surface area contributed by atoms with E-state index in [1.54, 1.807) is 22.7 Å². The van der Waals surface area contributed by atoms with Crippen LogP contribution in [0.15, 0.2) is 217 Å². The van der Waals surface area contributed by atoms with Crippen LogP contribution in [-0.2, 0) is 5.41 Å². The molecule has 70 heavy (non-hydrogen) atoms. The largest absolute Gasteiger partial charge is 0.456 e. The molecular weight excluding hydrogens is 891 g/mol. The lowest BCUT2D eigenvalue weighted by Gasteiger charge is -2.30. The van der Waals surface area contributed by atoms with Crippen LogP contribution in [0.3, 0.4) is 0 Å². The Morgan fingerprint density at radius 2 is 0.843 bits per heavy atom. The molecule has 0 saturated heterocycles. The van der Waals surface area contributed by atoms with Gasteiger partial charge in [-0.15, -0.1) is 22.7 Å². The van der Waals surface area contributed by atoms with Gasteiger partial charge in [-0.2, -0.15) is 0 Å². The van der Waals surface area contributed by atoms with Gasteiger partial charge in [-0.25, -0.2) is 15.0 Å². The number of hydrogen-bond acceptors (Lipinski definition) is 6. The molecule has 4 nitrogen and oxygen atoms in total. The summed E-state index contributed by atoms with van der Waals surface area (Å²) in [6, 6.07) is 77.1. The van der Waals surface area contributed by atoms with Crippen molar-refractivity contribution in [3.8, 4) is 67.5 Å². The molecule has 10 aromatic carbocycles. The van der Waals surface area contributed by atoms with E-state index < -0.39 is 5.41 Å². The van der Waals surface area contributed by atoms with Crippen LogP contribution in [0.2, 0.25) is 0 Å². The van der Waals surface area contributed by atoms with Gasteiger partial charge in [-0.05, 0) is 98.1 Å². The van der Waals surface area contributed by atoms with Gasteiger partial charge < -0.3 is 4.42 Å². The van der Waals surface area contributed by atoms with Gasteiger partial charge in [0.2, 0.25) is 0 Å². The smallest absolute Gasteiger partial charge is 0.165 e. The molecule has 4 heterocycles. The fraction of sp³-hybridized carbons (Fsp3) is 0.0156. The van der Waals surface area contributed by atoms with Crippen molar-refractivity contribution in [1.29, 1.82) is 0 Å². The molecule has 0 radical (unpaired) electrons. The molecule has 2 aliphatic carbocycles. The number of fused-ring (bicyclic) bond motifs is 19. The average Bonchev–Trinajstić information content (AvgIpc) is 4.23. The lowest BCUT2D eigenvalue weighted by atomic mass is 9.70. The fourth-order valence-electron chi connectivity index (χ4n) is 12.2. The third-order valence-electron chi connectivity index (χ3n) is 15.0. The molecule has 6 heteroatoms. The number of hydrogen-bond donors (Lipinski definition) is 0. The highest BCUT2D eigenvalue weighted by molar-refractivity contribution is 7.26.